The Kier molecular flexibility index (Phi) is 5.20. The minimum atomic E-state index is -0.410. The Morgan fingerprint density at radius 3 is 2.46 bits per heavy atom. The Morgan fingerprint density at radius 1 is 0.800 bits per heavy atom. The van der Waals surface area contributed by atoms with Gasteiger partial charge in [0.15, 0.2) is 0 Å². The van der Waals surface area contributed by atoms with Crippen molar-refractivity contribution in [3.05, 3.63) is 119 Å². The number of anilines is 1. The molecule has 0 saturated carbocycles. The van der Waals surface area contributed by atoms with E-state index in [0.29, 0.717) is 28.0 Å². The fourth-order valence-corrected chi connectivity index (χ4v) is 4.96. The van der Waals surface area contributed by atoms with Crippen molar-refractivity contribution in [1.29, 1.82) is 0 Å². The minimum absolute atomic E-state index is 0.233. The van der Waals surface area contributed by atoms with Crippen molar-refractivity contribution in [2.75, 3.05) is 5.32 Å². The van der Waals surface area contributed by atoms with Crippen molar-refractivity contribution in [1.82, 2.24) is 4.98 Å². The third kappa shape index (κ3) is 4.11. The first-order valence-corrected chi connectivity index (χ1v) is 11.9. The van der Waals surface area contributed by atoms with Crippen LogP contribution in [-0.4, -0.2) is 10.9 Å². The van der Waals surface area contributed by atoms with Gasteiger partial charge in [-0.05, 0) is 54.1 Å². The third-order valence-corrected chi connectivity index (χ3v) is 6.85. The fraction of sp³-hybridized carbons (Fsp3) is 0. The number of nitrogens with zero attached hydrogens (tertiary/aromatic N) is 1. The van der Waals surface area contributed by atoms with Crippen LogP contribution in [0.2, 0.25) is 0 Å². The average Bonchev–Trinajstić information content (AvgIpc) is 3.33. The van der Waals surface area contributed by atoms with Gasteiger partial charge in [-0.25, -0.2) is 9.78 Å². The molecule has 0 atom stereocenters. The van der Waals surface area contributed by atoms with Crippen LogP contribution >= 0.6 is 11.3 Å². The molecular formula is C29H18N2O3S. The number of amides is 1. The second kappa shape index (κ2) is 8.66. The second-order valence-corrected chi connectivity index (χ2v) is 9.12. The number of hydrogen-bond acceptors (Lipinski definition) is 5. The van der Waals surface area contributed by atoms with Crippen LogP contribution in [0.4, 0.5) is 5.69 Å². The summed E-state index contributed by atoms with van der Waals surface area (Å²) in [5.41, 5.74) is 4.37. The minimum Gasteiger partial charge on any atom is -0.422 e. The topological polar surface area (TPSA) is 72.2 Å². The summed E-state index contributed by atoms with van der Waals surface area (Å²) in [6, 6.07) is 31.8. The molecule has 0 radical (unpaired) electrons. The molecule has 6 aromatic rings. The van der Waals surface area contributed by atoms with Gasteiger partial charge < -0.3 is 9.73 Å². The Labute approximate surface area is 204 Å². The highest BCUT2D eigenvalue weighted by Crippen LogP contribution is 2.31. The molecule has 5 nitrogen and oxygen atoms in total. The molecule has 0 aliphatic carbocycles. The van der Waals surface area contributed by atoms with Crippen LogP contribution in [0.15, 0.2) is 112 Å². The first-order chi connectivity index (χ1) is 17.1. The van der Waals surface area contributed by atoms with E-state index >= 15 is 0 Å². The van der Waals surface area contributed by atoms with E-state index in [4.69, 9.17) is 9.40 Å². The number of thiazole rings is 1. The lowest BCUT2D eigenvalue weighted by Crippen LogP contribution is -2.12. The maximum atomic E-state index is 12.9. The van der Waals surface area contributed by atoms with E-state index in [9.17, 15) is 9.59 Å². The lowest BCUT2D eigenvalue weighted by atomic mass is 10.0. The first-order valence-electron chi connectivity index (χ1n) is 11.0. The van der Waals surface area contributed by atoms with Crippen LogP contribution in [0.5, 0.6) is 0 Å². The lowest BCUT2D eigenvalue weighted by molar-refractivity contribution is 0.102. The first kappa shape index (κ1) is 21.0. The summed E-state index contributed by atoms with van der Waals surface area (Å²) in [5, 5.41) is 4.70. The zero-order valence-electron chi connectivity index (χ0n) is 18.4. The summed E-state index contributed by atoms with van der Waals surface area (Å²) in [6.45, 7) is 0. The zero-order valence-corrected chi connectivity index (χ0v) is 19.2. The molecule has 35 heavy (non-hydrogen) atoms. The fourth-order valence-electron chi connectivity index (χ4n) is 3.99. The summed E-state index contributed by atoms with van der Waals surface area (Å²) >= 11 is 1.62. The maximum Gasteiger partial charge on any atom is 0.344 e. The summed E-state index contributed by atoms with van der Waals surface area (Å²) in [6.07, 6.45) is 0. The van der Waals surface area contributed by atoms with Crippen molar-refractivity contribution in [2.45, 2.75) is 0 Å². The average molecular weight is 475 g/mol. The molecule has 2 heterocycles. The van der Waals surface area contributed by atoms with E-state index < -0.39 is 5.63 Å². The van der Waals surface area contributed by atoms with E-state index in [1.54, 1.807) is 41.7 Å². The molecule has 0 saturated heterocycles. The summed E-state index contributed by atoms with van der Waals surface area (Å²) in [5.74, 6) is -0.233. The predicted octanol–water partition coefficient (Wildman–Crippen LogP) is 6.99. The van der Waals surface area contributed by atoms with E-state index in [0.717, 1.165) is 26.2 Å². The van der Waals surface area contributed by atoms with Crippen LogP contribution in [0.25, 0.3) is 42.9 Å². The highest BCUT2D eigenvalue weighted by molar-refractivity contribution is 7.21. The van der Waals surface area contributed by atoms with E-state index in [1.165, 1.54) is 0 Å². The van der Waals surface area contributed by atoms with Gasteiger partial charge in [0.05, 0.1) is 15.8 Å². The number of carbonyl (C=O) groups excluding carboxylic acids is 1. The van der Waals surface area contributed by atoms with Crippen LogP contribution in [0, 0.1) is 0 Å². The molecule has 1 N–H and O–H groups in total. The standard InChI is InChI=1S/C29H18N2O3S/c32-27(30-22-8-5-7-21(16-22)28-31-24-9-2-4-11-26(24)35-28)19-14-12-18(13-15-19)23-17-20-6-1-3-10-25(20)34-29(23)33/h1-17H,(H,30,32). The highest BCUT2D eigenvalue weighted by Gasteiger charge is 2.12. The van der Waals surface area contributed by atoms with Crippen LogP contribution in [0.3, 0.4) is 0 Å². The van der Waals surface area contributed by atoms with Gasteiger partial charge >= 0.3 is 5.63 Å². The van der Waals surface area contributed by atoms with Crippen LogP contribution in [-0.2, 0) is 0 Å². The monoisotopic (exact) mass is 474 g/mol. The molecule has 6 rings (SSSR count). The maximum absolute atomic E-state index is 12.9. The molecule has 6 heteroatoms. The quantitative estimate of drug-likeness (QED) is 0.280. The Morgan fingerprint density at radius 2 is 1.60 bits per heavy atom. The smallest absolute Gasteiger partial charge is 0.344 e. The molecule has 0 fully saturated rings. The predicted molar refractivity (Wildman–Crippen MR) is 141 cm³/mol. The van der Waals surface area contributed by atoms with E-state index in [-0.39, 0.29) is 5.91 Å². The van der Waals surface area contributed by atoms with Crippen molar-refractivity contribution >= 4 is 44.1 Å². The summed E-state index contributed by atoms with van der Waals surface area (Å²) < 4.78 is 6.55. The third-order valence-electron chi connectivity index (χ3n) is 5.76. The Hall–Kier alpha value is -4.55. The molecule has 0 aliphatic heterocycles. The SMILES string of the molecule is O=C(Nc1cccc(-c2nc3ccccc3s2)c1)c1ccc(-c2cc3ccccc3oc2=O)cc1. The number of para-hydroxylation sites is 2. The number of hydrogen-bond donors (Lipinski definition) is 1. The van der Waals surface area contributed by atoms with Crippen LogP contribution in [0.1, 0.15) is 10.4 Å². The molecule has 1 amide bonds. The Balaban J connectivity index is 1.23. The highest BCUT2D eigenvalue weighted by atomic mass is 32.1. The molecular weight excluding hydrogens is 456 g/mol. The normalized spacial score (nSPS) is 11.1. The van der Waals surface area contributed by atoms with Gasteiger partial charge in [0.25, 0.3) is 5.91 Å². The summed E-state index contributed by atoms with van der Waals surface area (Å²) in [7, 11) is 0. The largest absolute Gasteiger partial charge is 0.422 e. The van der Waals surface area contributed by atoms with Gasteiger partial charge in [0.2, 0.25) is 0 Å². The van der Waals surface area contributed by atoms with E-state index in [2.05, 4.69) is 5.32 Å². The molecule has 2 aromatic heterocycles. The number of aromatic nitrogens is 1. The molecule has 0 spiro atoms. The molecule has 0 aliphatic rings. The lowest BCUT2D eigenvalue weighted by Gasteiger charge is -2.08. The van der Waals surface area contributed by atoms with Crippen LogP contribution < -0.4 is 10.9 Å². The van der Waals surface area contributed by atoms with E-state index in [1.807, 2.05) is 72.8 Å². The molecule has 0 unspecified atom stereocenters. The van der Waals surface area contributed by atoms with Gasteiger partial charge in [-0.1, -0.05) is 54.6 Å². The second-order valence-electron chi connectivity index (χ2n) is 8.08. The molecule has 0 bridgehead atoms. The van der Waals surface area contributed by atoms with Gasteiger partial charge in [-0.15, -0.1) is 11.3 Å². The molecule has 168 valence electrons. The molecule has 4 aromatic carbocycles. The number of fused-ring (bicyclic) bond motifs is 2. The summed E-state index contributed by atoms with van der Waals surface area (Å²) in [4.78, 5) is 30.0. The van der Waals surface area contributed by atoms with Gasteiger partial charge in [-0.3, -0.25) is 4.79 Å². The number of rotatable bonds is 4. The number of benzene rings is 4. The Bertz CT molecular complexity index is 1730. The van der Waals surface area contributed by atoms with Gasteiger partial charge in [0, 0.05) is 22.2 Å². The zero-order chi connectivity index (χ0) is 23.8. The van der Waals surface area contributed by atoms with Crippen molar-refractivity contribution in [3.8, 4) is 21.7 Å². The van der Waals surface area contributed by atoms with Crippen molar-refractivity contribution < 1.29 is 9.21 Å². The van der Waals surface area contributed by atoms with Crippen molar-refractivity contribution in [2.24, 2.45) is 0 Å². The number of carbonyl (C=O) groups is 1. The van der Waals surface area contributed by atoms with Gasteiger partial charge in [-0.2, -0.15) is 0 Å². The van der Waals surface area contributed by atoms with Crippen molar-refractivity contribution in [3.63, 3.8) is 0 Å². The van der Waals surface area contributed by atoms with Gasteiger partial charge in [0.1, 0.15) is 10.6 Å². The number of nitrogens with one attached hydrogen (secondary N) is 1.